The molecule has 0 spiro atoms. The Hall–Kier alpha value is -1.22. The van der Waals surface area contributed by atoms with Gasteiger partial charge in [0.05, 0.1) is 0 Å². The standard InChI is InChI=1S/C16H24ClNO2/c1-12(2)9-18(10-13(3)4)16(19)11-20-15-7-5-6-14(17)8-15/h5-8,12-13H,9-11H2,1-4H3. The van der Waals surface area contributed by atoms with Crippen LogP contribution in [0.1, 0.15) is 27.7 Å². The molecule has 0 atom stereocenters. The van der Waals surface area contributed by atoms with E-state index < -0.39 is 0 Å². The summed E-state index contributed by atoms with van der Waals surface area (Å²) in [6.07, 6.45) is 0. The fourth-order valence-electron chi connectivity index (χ4n) is 1.95. The summed E-state index contributed by atoms with van der Waals surface area (Å²) in [6, 6.07) is 7.10. The molecule has 0 fully saturated rings. The lowest BCUT2D eigenvalue weighted by molar-refractivity contribution is -0.134. The Kier molecular flexibility index (Phi) is 6.86. The molecule has 0 heterocycles. The number of carbonyl (C=O) groups is 1. The van der Waals surface area contributed by atoms with Crippen molar-refractivity contribution < 1.29 is 9.53 Å². The van der Waals surface area contributed by atoms with Gasteiger partial charge in [-0.25, -0.2) is 0 Å². The Morgan fingerprint density at radius 2 is 1.80 bits per heavy atom. The summed E-state index contributed by atoms with van der Waals surface area (Å²) >= 11 is 5.89. The fraction of sp³-hybridized carbons (Fsp3) is 0.562. The molecule has 1 aromatic carbocycles. The molecule has 3 nitrogen and oxygen atoms in total. The van der Waals surface area contributed by atoms with Gasteiger partial charge in [-0.05, 0) is 30.0 Å². The summed E-state index contributed by atoms with van der Waals surface area (Å²) in [6.45, 7) is 10.0. The fourth-order valence-corrected chi connectivity index (χ4v) is 2.13. The molecule has 1 aromatic rings. The first-order valence-electron chi connectivity index (χ1n) is 7.04. The smallest absolute Gasteiger partial charge is 0.260 e. The average Bonchev–Trinajstić information content (AvgIpc) is 2.34. The normalized spacial score (nSPS) is 10.9. The van der Waals surface area contributed by atoms with Crippen molar-refractivity contribution in [3.63, 3.8) is 0 Å². The third-order valence-corrected chi connectivity index (χ3v) is 2.92. The van der Waals surface area contributed by atoms with Crippen LogP contribution >= 0.6 is 11.6 Å². The number of nitrogens with zero attached hydrogens (tertiary/aromatic N) is 1. The van der Waals surface area contributed by atoms with Gasteiger partial charge in [-0.15, -0.1) is 0 Å². The number of benzene rings is 1. The molecular formula is C16H24ClNO2. The lowest BCUT2D eigenvalue weighted by Crippen LogP contribution is -2.39. The van der Waals surface area contributed by atoms with Crippen molar-refractivity contribution >= 4 is 17.5 Å². The van der Waals surface area contributed by atoms with Gasteiger partial charge in [0.1, 0.15) is 5.75 Å². The average molecular weight is 298 g/mol. The van der Waals surface area contributed by atoms with Crippen molar-refractivity contribution in [3.8, 4) is 5.75 Å². The highest BCUT2D eigenvalue weighted by atomic mass is 35.5. The van der Waals surface area contributed by atoms with Crippen LogP contribution in [-0.2, 0) is 4.79 Å². The van der Waals surface area contributed by atoms with E-state index in [1.165, 1.54) is 0 Å². The SMILES string of the molecule is CC(C)CN(CC(C)C)C(=O)COc1cccc(Cl)c1. The second-order valence-corrected chi connectivity index (χ2v) is 6.27. The minimum Gasteiger partial charge on any atom is -0.484 e. The highest BCUT2D eigenvalue weighted by molar-refractivity contribution is 6.30. The zero-order valence-electron chi connectivity index (χ0n) is 12.7. The number of rotatable bonds is 7. The number of carbonyl (C=O) groups excluding carboxylic acids is 1. The molecule has 0 aliphatic rings. The van der Waals surface area contributed by atoms with Crippen LogP contribution < -0.4 is 4.74 Å². The minimum absolute atomic E-state index is 0.0207. The first kappa shape index (κ1) is 16.8. The van der Waals surface area contributed by atoms with Crippen molar-refractivity contribution in [1.82, 2.24) is 4.90 Å². The van der Waals surface area contributed by atoms with E-state index in [1.807, 2.05) is 11.0 Å². The predicted molar refractivity (Wildman–Crippen MR) is 83.2 cm³/mol. The molecule has 0 aromatic heterocycles. The highest BCUT2D eigenvalue weighted by Gasteiger charge is 2.16. The molecule has 20 heavy (non-hydrogen) atoms. The van der Waals surface area contributed by atoms with E-state index in [2.05, 4.69) is 27.7 Å². The van der Waals surface area contributed by atoms with Gasteiger partial charge >= 0.3 is 0 Å². The van der Waals surface area contributed by atoms with Crippen LogP contribution in [0.4, 0.5) is 0 Å². The zero-order chi connectivity index (χ0) is 15.1. The molecule has 0 unspecified atom stereocenters. The van der Waals surface area contributed by atoms with Crippen molar-refractivity contribution in [1.29, 1.82) is 0 Å². The minimum atomic E-state index is 0.0207. The largest absolute Gasteiger partial charge is 0.484 e. The molecular weight excluding hydrogens is 274 g/mol. The van der Waals surface area contributed by atoms with Gasteiger partial charge in [0.25, 0.3) is 5.91 Å². The summed E-state index contributed by atoms with van der Waals surface area (Å²) in [5, 5.41) is 0.608. The predicted octanol–water partition coefficient (Wildman–Crippen LogP) is 3.86. The van der Waals surface area contributed by atoms with Gasteiger partial charge in [0.2, 0.25) is 0 Å². The molecule has 1 amide bonds. The number of amides is 1. The van der Waals surface area contributed by atoms with Crippen LogP contribution in [0.15, 0.2) is 24.3 Å². The summed E-state index contributed by atoms with van der Waals surface area (Å²) in [7, 11) is 0. The number of hydrogen-bond acceptors (Lipinski definition) is 2. The Balaban J connectivity index is 2.57. The summed E-state index contributed by atoms with van der Waals surface area (Å²) in [5.74, 6) is 1.54. The van der Waals surface area contributed by atoms with E-state index in [0.29, 0.717) is 22.6 Å². The van der Waals surface area contributed by atoms with E-state index in [-0.39, 0.29) is 12.5 Å². The maximum absolute atomic E-state index is 12.2. The molecule has 0 saturated heterocycles. The maximum Gasteiger partial charge on any atom is 0.260 e. The van der Waals surface area contributed by atoms with E-state index in [4.69, 9.17) is 16.3 Å². The van der Waals surface area contributed by atoms with Gasteiger partial charge in [0.15, 0.2) is 6.61 Å². The van der Waals surface area contributed by atoms with Crippen molar-refractivity contribution in [2.24, 2.45) is 11.8 Å². The Labute approximate surface area is 126 Å². The van der Waals surface area contributed by atoms with Crippen LogP contribution in [0.3, 0.4) is 0 Å². The van der Waals surface area contributed by atoms with Crippen molar-refractivity contribution in [3.05, 3.63) is 29.3 Å². The number of hydrogen-bond donors (Lipinski definition) is 0. The third kappa shape index (κ3) is 6.29. The van der Waals surface area contributed by atoms with Gasteiger partial charge in [0, 0.05) is 18.1 Å². The summed E-state index contributed by atoms with van der Waals surface area (Å²) < 4.78 is 5.52. The Morgan fingerprint density at radius 1 is 1.20 bits per heavy atom. The summed E-state index contributed by atoms with van der Waals surface area (Å²) in [5.41, 5.74) is 0. The van der Waals surface area contributed by atoms with Gasteiger partial charge in [-0.2, -0.15) is 0 Å². The maximum atomic E-state index is 12.2. The second kappa shape index (κ2) is 8.15. The lowest BCUT2D eigenvalue weighted by Gasteiger charge is -2.26. The molecule has 0 N–H and O–H groups in total. The third-order valence-electron chi connectivity index (χ3n) is 2.68. The summed E-state index contributed by atoms with van der Waals surface area (Å²) in [4.78, 5) is 14.1. The van der Waals surface area contributed by atoms with Crippen LogP contribution in [0.2, 0.25) is 5.02 Å². The second-order valence-electron chi connectivity index (χ2n) is 5.83. The van der Waals surface area contributed by atoms with Crippen molar-refractivity contribution in [2.75, 3.05) is 19.7 Å². The van der Waals surface area contributed by atoms with E-state index in [0.717, 1.165) is 13.1 Å². The Bertz CT molecular complexity index is 422. The van der Waals surface area contributed by atoms with Crippen molar-refractivity contribution in [2.45, 2.75) is 27.7 Å². The van der Waals surface area contributed by atoms with Crippen LogP contribution in [0.25, 0.3) is 0 Å². The number of halogens is 1. The molecule has 1 rings (SSSR count). The van der Waals surface area contributed by atoms with Gasteiger partial charge in [-0.1, -0.05) is 45.4 Å². The first-order chi connectivity index (χ1) is 9.38. The molecule has 0 saturated carbocycles. The lowest BCUT2D eigenvalue weighted by atomic mass is 10.1. The molecule has 0 aliphatic heterocycles. The van der Waals surface area contributed by atoms with E-state index >= 15 is 0 Å². The first-order valence-corrected chi connectivity index (χ1v) is 7.42. The molecule has 4 heteroatoms. The van der Waals surface area contributed by atoms with Gasteiger partial charge in [-0.3, -0.25) is 4.79 Å². The van der Waals surface area contributed by atoms with E-state index in [1.54, 1.807) is 18.2 Å². The van der Waals surface area contributed by atoms with Crippen LogP contribution in [0.5, 0.6) is 5.75 Å². The quantitative estimate of drug-likeness (QED) is 0.765. The Morgan fingerprint density at radius 3 is 2.30 bits per heavy atom. The molecule has 112 valence electrons. The monoisotopic (exact) mass is 297 g/mol. The molecule has 0 aliphatic carbocycles. The highest BCUT2D eigenvalue weighted by Crippen LogP contribution is 2.17. The van der Waals surface area contributed by atoms with Gasteiger partial charge < -0.3 is 9.64 Å². The topological polar surface area (TPSA) is 29.5 Å². The van der Waals surface area contributed by atoms with E-state index in [9.17, 15) is 4.79 Å². The zero-order valence-corrected chi connectivity index (χ0v) is 13.5. The van der Waals surface area contributed by atoms with Crippen LogP contribution in [0, 0.1) is 11.8 Å². The van der Waals surface area contributed by atoms with Crippen LogP contribution in [-0.4, -0.2) is 30.5 Å². The number of ether oxygens (including phenoxy) is 1. The molecule has 0 radical (unpaired) electrons. The molecule has 0 bridgehead atoms.